The lowest BCUT2D eigenvalue weighted by molar-refractivity contribution is 0.183. The van der Waals surface area contributed by atoms with Crippen LogP contribution in [0.3, 0.4) is 0 Å². The predicted octanol–water partition coefficient (Wildman–Crippen LogP) is 4.47. The molecule has 1 fully saturated rings. The second-order valence-electron chi connectivity index (χ2n) is 6.22. The van der Waals surface area contributed by atoms with Crippen molar-refractivity contribution in [2.75, 3.05) is 0 Å². The van der Waals surface area contributed by atoms with Crippen molar-refractivity contribution >= 4 is 15.9 Å². The van der Waals surface area contributed by atoms with Gasteiger partial charge in [0.15, 0.2) is 0 Å². The fourth-order valence-corrected chi connectivity index (χ4v) is 2.72. The van der Waals surface area contributed by atoms with E-state index in [-0.39, 0.29) is 0 Å². The highest BCUT2D eigenvalue weighted by Crippen LogP contribution is 2.27. The summed E-state index contributed by atoms with van der Waals surface area (Å²) in [6.45, 7) is 9.14. The molecule has 0 aliphatic carbocycles. The van der Waals surface area contributed by atoms with Crippen LogP contribution in [-0.2, 0) is 0 Å². The zero-order valence-corrected chi connectivity index (χ0v) is 13.3. The molecule has 0 aromatic heterocycles. The quantitative estimate of drug-likeness (QED) is 0.740. The highest BCUT2D eigenvalue weighted by molar-refractivity contribution is 9.10. The summed E-state index contributed by atoms with van der Waals surface area (Å²) in [5.41, 5.74) is 0.726. The molecule has 18 heavy (non-hydrogen) atoms. The Morgan fingerprint density at radius 3 is 1.72 bits per heavy atom. The summed E-state index contributed by atoms with van der Waals surface area (Å²) < 4.78 is 0.982. The summed E-state index contributed by atoms with van der Waals surface area (Å²) in [5, 5.41) is 12.4. The van der Waals surface area contributed by atoms with Crippen molar-refractivity contribution in [2.24, 2.45) is 0 Å². The first-order chi connectivity index (χ1) is 8.20. The maximum absolute atomic E-state index is 8.74. The Bertz CT molecular complexity index is 336. The lowest BCUT2D eigenvalue weighted by Crippen LogP contribution is -2.55. The molecule has 0 unspecified atom stereocenters. The van der Waals surface area contributed by atoms with E-state index < -0.39 is 0 Å². The molecule has 2 nitrogen and oxygen atoms in total. The van der Waals surface area contributed by atoms with Gasteiger partial charge in [-0.05, 0) is 71.2 Å². The molecule has 0 spiro atoms. The Labute approximate surface area is 119 Å². The van der Waals surface area contributed by atoms with Crippen molar-refractivity contribution in [1.29, 1.82) is 0 Å². The van der Waals surface area contributed by atoms with E-state index in [0.717, 1.165) is 4.47 Å². The van der Waals surface area contributed by atoms with Gasteiger partial charge >= 0.3 is 0 Å². The zero-order valence-electron chi connectivity index (χ0n) is 11.8. The monoisotopic (exact) mass is 313 g/mol. The summed E-state index contributed by atoms with van der Waals surface area (Å²) in [5.74, 6) is 0.299. The van der Waals surface area contributed by atoms with Gasteiger partial charge < -0.3 is 10.4 Å². The fraction of sp³-hybridized carbons (Fsp3) is 0.600. The Hall–Kier alpha value is -0.540. The second-order valence-corrected chi connectivity index (χ2v) is 7.14. The topological polar surface area (TPSA) is 32.3 Å². The van der Waals surface area contributed by atoms with Gasteiger partial charge in [-0.25, -0.2) is 0 Å². The smallest absolute Gasteiger partial charge is 0.115 e. The molecule has 0 bridgehead atoms. The number of piperidine rings is 1. The van der Waals surface area contributed by atoms with Gasteiger partial charge in [0.1, 0.15) is 5.75 Å². The number of benzene rings is 1. The Morgan fingerprint density at radius 2 is 1.44 bits per heavy atom. The molecule has 0 atom stereocenters. The number of rotatable bonds is 0. The maximum Gasteiger partial charge on any atom is 0.115 e. The molecule has 1 aromatic rings. The third kappa shape index (κ3) is 5.87. The van der Waals surface area contributed by atoms with Crippen molar-refractivity contribution < 1.29 is 5.11 Å². The van der Waals surface area contributed by atoms with Gasteiger partial charge in [0.25, 0.3) is 0 Å². The summed E-state index contributed by atoms with van der Waals surface area (Å²) in [4.78, 5) is 0. The molecule has 1 aromatic carbocycles. The minimum atomic E-state index is 0.299. The van der Waals surface area contributed by atoms with Crippen LogP contribution in [0.2, 0.25) is 0 Å². The number of halogens is 1. The largest absolute Gasteiger partial charge is 0.508 e. The van der Waals surface area contributed by atoms with Crippen molar-refractivity contribution in [1.82, 2.24) is 5.32 Å². The van der Waals surface area contributed by atoms with Crippen LogP contribution >= 0.6 is 15.9 Å². The first-order valence-electron chi connectivity index (χ1n) is 6.44. The third-order valence-corrected chi connectivity index (χ3v) is 3.64. The second kappa shape index (κ2) is 6.07. The number of aromatic hydroxyl groups is 1. The molecule has 1 aliphatic rings. The van der Waals surface area contributed by atoms with Gasteiger partial charge in [-0.15, -0.1) is 0 Å². The summed E-state index contributed by atoms with van der Waals surface area (Å²) in [7, 11) is 0. The number of hydrogen-bond donors (Lipinski definition) is 2. The number of phenolic OH excluding ortho intramolecular Hbond substituents is 1. The van der Waals surface area contributed by atoms with Crippen LogP contribution in [0.1, 0.15) is 47.0 Å². The molecular weight excluding hydrogens is 290 g/mol. The minimum absolute atomic E-state index is 0.299. The molecular formula is C15H24BrNO. The highest BCUT2D eigenvalue weighted by atomic mass is 79.9. The molecule has 102 valence electrons. The Balaban J connectivity index is 0.000000184. The van der Waals surface area contributed by atoms with E-state index >= 15 is 0 Å². The number of nitrogens with one attached hydrogen (secondary N) is 1. The van der Waals surface area contributed by atoms with Crippen molar-refractivity contribution in [3.05, 3.63) is 28.7 Å². The Kier molecular flexibility index (Phi) is 5.23. The van der Waals surface area contributed by atoms with E-state index in [4.69, 9.17) is 5.11 Å². The van der Waals surface area contributed by atoms with Gasteiger partial charge in [-0.1, -0.05) is 15.9 Å². The summed E-state index contributed by atoms with van der Waals surface area (Å²) in [6.07, 6.45) is 4.00. The molecule has 2 rings (SSSR count). The lowest BCUT2D eigenvalue weighted by atomic mass is 9.83. The van der Waals surface area contributed by atoms with Crippen LogP contribution in [0.15, 0.2) is 28.7 Å². The van der Waals surface area contributed by atoms with Crippen LogP contribution in [-0.4, -0.2) is 16.2 Å². The molecule has 1 aliphatic heterocycles. The van der Waals surface area contributed by atoms with E-state index in [1.165, 1.54) is 19.3 Å². The maximum atomic E-state index is 8.74. The van der Waals surface area contributed by atoms with Gasteiger partial charge in [-0.3, -0.25) is 0 Å². The van der Waals surface area contributed by atoms with Gasteiger partial charge in [0.2, 0.25) is 0 Å². The molecule has 3 heteroatoms. The molecule has 0 radical (unpaired) electrons. The van der Waals surface area contributed by atoms with E-state index in [2.05, 4.69) is 48.9 Å². The summed E-state index contributed by atoms with van der Waals surface area (Å²) >= 11 is 3.23. The summed E-state index contributed by atoms with van der Waals surface area (Å²) in [6, 6.07) is 6.83. The van der Waals surface area contributed by atoms with E-state index in [9.17, 15) is 0 Å². The zero-order chi connectivity index (χ0) is 13.8. The van der Waals surface area contributed by atoms with Crippen molar-refractivity contribution in [3.8, 4) is 5.75 Å². The van der Waals surface area contributed by atoms with Gasteiger partial charge in [0.05, 0.1) is 0 Å². The van der Waals surface area contributed by atoms with E-state index in [1.807, 2.05) is 0 Å². The number of hydrogen-bond acceptors (Lipinski definition) is 2. The van der Waals surface area contributed by atoms with Crippen LogP contribution in [0, 0.1) is 0 Å². The highest BCUT2D eigenvalue weighted by Gasteiger charge is 2.31. The van der Waals surface area contributed by atoms with Crippen LogP contribution in [0.4, 0.5) is 0 Å². The van der Waals surface area contributed by atoms with Crippen LogP contribution in [0.5, 0.6) is 5.75 Å². The SMILES string of the molecule is CC1(C)CCCC(C)(C)N1.Oc1ccc(Br)cc1. The third-order valence-electron chi connectivity index (χ3n) is 3.11. The van der Waals surface area contributed by atoms with Crippen molar-refractivity contribution in [3.63, 3.8) is 0 Å². The molecule has 0 saturated carbocycles. The Morgan fingerprint density at radius 1 is 1.00 bits per heavy atom. The van der Waals surface area contributed by atoms with E-state index in [1.54, 1.807) is 24.3 Å². The first-order valence-corrected chi connectivity index (χ1v) is 7.23. The average Bonchev–Trinajstić information content (AvgIpc) is 2.20. The first kappa shape index (κ1) is 15.5. The average molecular weight is 314 g/mol. The lowest BCUT2D eigenvalue weighted by Gasteiger charge is -2.42. The van der Waals surface area contributed by atoms with E-state index in [0.29, 0.717) is 16.8 Å². The van der Waals surface area contributed by atoms with Crippen LogP contribution in [0.25, 0.3) is 0 Å². The van der Waals surface area contributed by atoms with Crippen LogP contribution < -0.4 is 5.32 Å². The molecule has 1 saturated heterocycles. The van der Waals surface area contributed by atoms with Gasteiger partial charge in [0, 0.05) is 15.6 Å². The van der Waals surface area contributed by atoms with Crippen molar-refractivity contribution in [2.45, 2.75) is 58.0 Å². The normalized spacial score (nSPS) is 20.7. The predicted molar refractivity (Wildman–Crippen MR) is 81.0 cm³/mol. The standard InChI is InChI=1S/C9H19N.C6H5BrO/c1-8(2)6-5-7-9(3,4)10-8;7-5-1-3-6(8)4-2-5/h10H,5-7H2,1-4H3;1-4,8H. The molecule has 2 N–H and O–H groups in total. The minimum Gasteiger partial charge on any atom is -0.508 e. The number of phenols is 1. The fourth-order valence-electron chi connectivity index (χ4n) is 2.45. The van der Waals surface area contributed by atoms with Gasteiger partial charge in [-0.2, -0.15) is 0 Å². The molecule has 0 amide bonds. The molecule has 1 heterocycles.